The molecule has 28 heavy (non-hydrogen) atoms. The van der Waals surface area contributed by atoms with Gasteiger partial charge in [-0.1, -0.05) is 67.6 Å². The molecule has 1 aliphatic carbocycles. The Morgan fingerprint density at radius 2 is 1.93 bits per heavy atom. The van der Waals surface area contributed by atoms with Gasteiger partial charge in [-0.05, 0) is 37.5 Å². The first-order valence-corrected chi connectivity index (χ1v) is 12.0. The van der Waals surface area contributed by atoms with Crippen molar-refractivity contribution < 1.29 is 4.79 Å². The number of rotatable bonds is 7. The monoisotopic (exact) mass is 441 g/mol. The lowest BCUT2D eigenvalue weighted by molar-refractivity contribution is -0.116. The highest BCUT2D eigenvalue weighted by atomic mass is 35.5. The van der Waals surface area contributed by atoms with E-state index in [0.29, 0.717) is 28.2 Å². The minimum Gasteiger partial charge on any atom is -0.347 e. The fourth-order valence-electron chi connectivity index (χ4n) is 3.81. The summed E-state index contributed by atoms with van der Waals surface area (Å²) in [5, 5.41) is 5.12. The summed E-state index contributed by atoms with van der Waals surface area (Å²) in [6.07, 6.45) is 9.02. The van der Waals surface area contributed by atoms with E-state index in [0.717, 1.165) is 30.3 Å². The third-order valence-corrected chi connectivity index (χ3v) is 6.86. The molecule has 1 amide bonds. The third kappa shape index (κ3) is 6.30. The summed E-state index contributed by atoms with van der Waals surface area (Å²) < 4.78 is 0. The quantitative estimate of drug-likeness (QED) is 0.545. The Labute approximate surface area is 182 Å². The molecule has 0 radical (unpaired) electrons. The van der Waals surface area contributed by atoms with E-state index in [2.05, 4.69) is 17.1 Å². The zero-order valence-corrected chi connectivity index (χ0v) is 18.8. The molecule has 1 aromatic carbocycles. The molecule has 2 fully saturated rings. The summed E-state index contributed by atoms with van der Waals surface area (Å²) in [7, 11) is 0. The van der Waals surface area contributed by atoms with E-state index in [1.54, 1.807) is 18.2 Å². The second kappa shape index (κ2) is 10.7. The fourth-order valence-corrected chi connectivity index (χ4v) is 5.60. The van der Waals surface area contributed by atoms with Crippen molar-refractivity contribution in [2.24, 2.45) is 4.99 Å². The van der Waals surface area contributed by atoms with Gasteiger partial charge in [-0.2, -0.15) is 0 Å². The molecule has 4 nitrogen and oxygen atoms in total. The largest absolute Gasteiger partial charge is 0.347 e. The Morgan fingerprint density at radius 3 is 2.61 bits per heavy atom. The number of benzene rings is 1. The number of amidine groups is 1. The van der Waals surface area contributed by atoms with Gasteiger partial charge in [0.15, 0.2) is 5.17 Å². The topological polar surface area (TPSA) is 44.7 Å². The second-order valence-corrected chi connectivity index (χ2v) is 9.49. The molecule has 1 heterocycles. The van der Waals surface area contributed by atoms with E-state index in [1.165, 1.54) is 32.1 Å². The van der Waals surface area contributed by atoms with E-state index in [4.69, 9.17) is 28.2 Å². The number of carbonyl (C=O) groups is 1. The Morgan fingerprint density at radius 1 is 1.21 bits per heavy atom. The van der Waals surface area contributed by atoms with Gasteiger partial charge in [-0.3, -0.25) is 9.79 Å². The molecule has 0 bridgehead atoms. The number of nitrogens with one attached hydrogen (secondary N) is 1. The van der Waals surface area contributed by atoms with E-state index < -0.39 is 0 Å². The number of thioether (sulfide) groups is 1. The zero-order chi connectivity index (χ0) is 19.9. The van der Waals surface area contributed by atoms with Crippen LogP contribution in [0.4, 0.5) is 5.69 Å². The lowest BCUT2D eigenvalue weighted by atomic mass is 9.96. The van der Waals surface area contributed by atoms with Gasteiger partial charge < -0.3 is 10.2 Å². The first-order chi connectivity index (χ1) is 13.5. The van der Waals surface area contributed by atoms with E-state index in [9.17, 15) is 4.79 Å². The van der Waals surface area contributed by atoms with Crippen molar-refractivity contribution in [1.29, 1.82) is 0 Å². The number of amides is 1. The molecular formula is C21H29Cl2N3OS. The summed E-state index contributed by atoms with van der Waals surface area (Å²) in [5.74, 6) is 0.906. The van der Waals surface area contributed by atoms with Crippen LogP contribution in [0.3, 0.4) is 0 Å². The minimum atomic E-state index is -0.00986. The van der Waals surface area contributed by atoms with Crippen molar-refractivity contribution in [3.05, 3.63) is 28.2 Å². The van der Waals surface area contributed by atoms with E-state index >= 15 is 0 Å². The lowest BCUT2D eigenvalue weighted by Crippen LogP contribution is -2.38. The molecule has 2 aliphatic rings. The molecule has 1 saturated carbocycles. The number of carbonyl (C=O) groups excluding carboxylic acids is 1. The van der Waals surface area contributed by atoms with Crippen LogP contribution in [-0.2, 0) is 4.79 Å². The first kappa shape index (κ1) is 21.8. The lowest BCUT2D eigenvalue weighted by Gasteiger charge is -2.27. The van der Waals surface area contributed by atoms with Gasteiger partial charge in [0.2, 0.25) is 5.91 Å². The Bertz CT molecular complexity index is 687. The van der Waals surface area contributed by atoms with Crippen LogP contribution < -0.4 is 5.32 Å². The molecule has 3 rings (SSSR count). The van der Waals surface area contributed by atoms with Crippen LogP contribution in [0.5, 0.6) is 0 Å². The van der Waals surface area contributed by atoms with Crippen LogP contribution >= 0.6 is 35.0 Å². The molecule has 1 aromatic rings. The average Bonchev–Trinajstić information content (AvgIpc) is 3.01. The molecule has 1 atom stereocenters. The van der Waals surface area contributed by atoms with Gasteiger partial charge >= 0.3 is 0 Å². The minimum absolute atomic E-state index is 0.00986. The second-order valence-electron chi connectivity index (χ2n) is 7.63. The summed E-state index contributed by atoms with van der Waals surface area (Å²) in [4.78, 5) is 20.1. The van der Waals surface area contributed by atoms with Crippen molar-refractivity contribution in [2.45, 2.75) is 70.4 Å². The number of anilines is 1. The molecule has 1 N–H and O–H groups in total. The van der Waals surface area contributed by atoms with Crippen molar-refractivity contribution >= 4 is 51.7 Å². The maximum atomic E-state index is 12.6. The average molecular weight is 442 g/mol. The van der Waals surface area contributed by atoms with Gasteiger partial charge in [-0.15, -0.1) is 0 Å². The number of hydrogen-bond donors (Lipinski definition) is 1. The fraction of sp³-hybridized carbons (Fsp3) is 0.619. The summed E-state index contributed by atoms with van der Waals surface area (Å²) in [6.45, 7) is 3.17. The van der Waals surface area contributed by atoms with Gasteiger partial charge in [0.1, 0.15) is 0 Å². The van der Waals surface area contributed by atoms with Gasteiger partial charge in [0, 0.05) is 40.5 Å². The third-order valence-electron chi connectivity index (χ3n) is 5.28. The smallest absolute Gasteiger partial charge is 0.226 e. The van der Waals surface area contributed by atoms with Crippen LogP contribution in [-0.4, -0.2) is 40.4 Å². The number of hydrogen-bond acceptors (Lipinski definition) is 3. The Kier molecular flexibility index (Phi) is 8.36. The van der Waals surface area contributed by atoms with E-state index in [-0.39, 0.29) is 11.9 Å². The molecular weight excluding hydrogens is 413 g/mol. The molecule has 7 heteroatoms. The van der Waals surface area contributed by atoms with Crippen molar-refractivity contribution in [1.82, 2.24) is 4.90 Å². The van der Waals surface area contributed by atoms with Gasteiger partial charge in [0.05, 0.1) is 6.04 Å². The van der Waals surface area contributed by atoms with E-state index in [1.807, 2.05) is 11.8 Å². The van der Waals surface area contributed by atoms with Crippen LogP contribution in [0.25, 0.3) is 0 Å². The number of nitrogens with zero attached hydrogens (tertiary/aromatic N) is 2. The Hall–Kier alpha value is -0.910. The molecule has 0 spiro atoms. The summed E-state index contributed by atoms with van der Waals surface area (Å²) in [5.41, 5.74) is 0.643. The molecule has 1 aliphatic heterocycles. The van der Waals surface area contributed by atoms with Crippen LogP contribution in [0.2, 0.25) is 10.0 Å². The van der Waals surface area contributed by atoms with Crippen molar-refractivity contribution in [3.63, 3.8) is 0 Å². The van der Waals surface area contributed by atoms with Gasteiger partial charge in [-0.25, -0.2) is 0 Å². The predicted octanol–water partition coefficient (Wildman–Crippen LogP) is 6.23. The first-order valence-electron chi connectivity index (χ1n) is 10.3. The maximum absolute atomic E-state index is 12.6. The highest BCUT2D eigenvalue weighted by Gasteiger charge is 2.32. The number of halogens is 2. The summed E-state index contributed by atoms with van der Waals surface area (Å²) >= 11 is 13.9. The highest BCUT2D eigenvalue weighted by molar-refractivity contribution is 8.14. The summed E-state index contributed by atoms with van der Waals surface area (Å²) in [6, 6.07) is 5.75. The maximum Gasteiger partial charge on any atom is 0.226 e. The molecule has 1 saturated heterocycles. The SMILES string of the molecule is CCCCN1C(=NC2CCCCC2)SCC1CC(=O)Nc1cc(Cl)cc(Cl)c1. The molecule has 0 aromatic heterocycles. The number of unbranched alkanes of at least 4 members (excludes halogenated alkanes) is 1. The highest BCUT2D eigenvalue weighted by Crippen LogP contribution is 2.30. The van der Waals surface area contributed by atoms with Crippen molar-refractivity contribution in [3.8, 4) is 0 Å². The predicted molar refractivity (Wildman–Crippen MR) is 122 cm³/mol. The normalized spacial score (nSPS) is 22.0. The zero-order valence-electron chi connectivity index (χ0n) is 16.4. The van der Waals surface area contributed by atoms with Crippen LogP contribution in [0.15, 0.2) is 23.2 Å². The van der Waals surface area contributed by atoms with Crippen molar-refractivity contribution in [2.75, 3.05) is 17.6 Å². The van der Waals surface area contributed by atoms with Gasteiger partial charge in [0.25, 0.3) is 0 Å². The Balaban J connectivity index is 1.63. The van der Waals surface area contributed by atoms with Crippen LogP contribution in [0, 0.1) is 0 Å². The molecule has 154 valence electrons. The number of aliphatic imine (C=N–C) groups is 1. The standard InChI is InChI=1S/C21H29Cl2N3OS/c1-2-3-9-26-19(14-28-21(26)25-17-7-5-4-6-8-17)13-20(27)24-18-11-15(22)10-16(23)12-18/h10-12,17,19H,2-9,13-14H2,1H3,(H,24,27). The molecule has 1 unspecified atom stereocenters. The van der Waals surface area contributed by atoms with Crippen LogP contribution in [0.1, 0.15) is 58.3 Å².